The standard InChI is InChI=1S/C82H135N13O20S/c83-31-9-6-17-60(70(98)23-14-36-109-38-40-111-42-44-113-46-48-115-50-49-114-47-45-112-43-41-110-39-37-108-35-13-19-63(96)18-4-5-24-75-78-69(57-116-75)94-82(107)95-78)53-72(100)61(51-59-25-27-64(97)28-26-59)54-73(101)67(20-7-10-32-84)91-77(104)30-29-71(99)66(22-12-34-90-81(88)89)92-79(105)62(52-58-15-2-1-3-16-58)55-74(102)68(21-8-11-33-85)93-80(106)65(86)56-76(87)103/h1-3,15-16,25-28,60-62,65-69,75,78,97H,4-14,17-24,29-57,83-86H2,(H2,87,103)(H,91,104)(H,92,105)(H,93,106)(H4,88,89,90)(H2,94,95,107)/t60-,61-,62-,65+,66+,67+,68+,69+,75+,78+/m1/s1. The third-order valence-electron chi connectivity index (χ3n) is 19.9. The number of carbonyl (C=O) groups excluding carboxylic acids is 11. The number of guanidine groups is 1. The highest BCUT2D eigenvalue weighted by molar-refractivity contribution is 8.00. The van der Waals surface area contributed by atoms with Crippen LogP contribution in [0.25, 0.3) is 0 Å². The van der Waals surface area contributed by atoms with Crippen molar-refractivity contribution in [1.29, 1.82) is 0 Å². The van der Waals surface area contributed by atoms with E-state index in [1.165, 1.54) is 12.1 Å². The van der Waals surface area contributed by atoms with Gasteiger partial charge >= 0.3 is 6.03 Å². The molecule has 0 spiro atoms. The predicted molar refractivity (Wildman–Crippen MR) is 441 cm³/mol. The van der Waals surface area contributed by atoms with Crippen LogP contribution in [-0.4, -0.2) is 255 Å². The minimum atomic E-state index is -1.33. The van der Waals surface area contributed by atoms with Crippen molar-refractivity contribution in [3.63, 3.8) is 0 Å². The van der Waals surface area contributed by atoms with Crippen molar-refractivity contribution in [2.45, 2.75) is 215 Å². The molecule has 34 heteroatoms. The van der Waals surface area contributed by atoms with Crippen molar-refractivity contribution in [3.05, 3.63) is 65.7 Å². The molecule has 6 amide bonds. The van der Waals surface area contributed by atoms with Gasteiger partial charge in [-0.3, -0.25) is 52.9 Å². The highest BCUT2D eigenvalue weighted by Gasteiger charge is 2.43. The molecular weight excluding hydrogens is 1520 g/mol. The molecule has 0 bridgehead atoms. The Morgan fingerprint density at radius 1 is 0.457 bits per heavy atom. The largest absolute Gasteiger partial charge is 0.508 e. The van der Waals surface area contributed by atoms with Crippen LogP contribution in [0, 0.1) is 17.8 Å². The van der Waals surface area contributed by atoms with Gasteiger partial charge in [-0.15, -0.1) is 0 Å². The number of primary amides is 1. The summed E-state index contributed by atoms with van der Waals surface area (Å²) >= 11 is 1.90. The van der Waals surface area contributed by atoms with Gasteiger partial charge in [0.15, 0.2) is 23.3 Å². The Bertz CT molecular complexity index is 3200. The fourth-order valence-corrected chi connectivity index (χ4v) is 15.0. The van der Waals surface area contributed by atoms with Gasteiger partial charge in [0.05, 0.1) is 135 Å². The van der Waals surface area contributed by atoms with E-state index in [1.807, 2.05) is 11.8 Å². The number of nitrogens with zero attached hydrogens (tertiary/aromatic N) is 1. The molecular formula is C82H135N13O20S. The molecule has 0 aliphatic carbocycles. The number of phenolic OH excluding ortho intramolecular Hbond substituents is 1. The quantitative estimate of drug-likeness (QED) is 0.0196. The van der Waals surface area contributed by atoms with Crippen LogP contribution in [0.3, 0.4) is 0 Å². The number of aromatic hydroxyl groups is 1. The molecule has 2 saturated heterocycles. The van der Waals surface area contributed by atoms with Gasteiger partial charge < -0.3 is 110 Å². The molecule has 0 radical (unpaired) electrons. The summed E-state index contributed by atoms with van der Waals surface area (Å²) in [4.78, 5) is 153. The van der Waals surface area contributed by atoms with Crippen molar-refractivity contribution in [2.75, 3.05) is 138 Å². The highest BCUT2D eigenvalue weighted by Crippen LogP contribution is 2.34. The van der Waals surface area contributed by atoms with Gasteiger partial charge in [0.2, 0.25) is 23.6 Å². The number of nitrogens with two attached hydrogens (primary N) is 7. The Balaban J connectivity index is 1.17. The normalized spacial score (nSPS) is 16.2. The number of aliphatic imine (C=N–C) groups is 1. The maximum absolute atomic E-state index is 14.7. The third kappa shape index (κ3) is 46.1. The lowest BCUT2D eigenvalue weighted by Crippen LogP contribution is -2.50. The summed E-state index contributed by atoms with van der Waals surface area (Å²) in [5.41, 5.74) is 41.2. The van der Waals surface area contributed by atoms with E-state index in [0.29, 0.717) is 199 Å². The summed E-state index contributed by atoms with van der Waals surface area (Å²) in [6.45, 7) is 7.37. The van der Waals surface area contributed by atoms with E-state index in [-0.39, 0.29) is 138 Å². The second-order valence-corrected chi connectivity index (χ2v) is 30.7. The number of hydrogen-bond acceptors (Lipinski definition) is 26. The summed E-state index contributed by atoms with van der Waals surface area (Å²) in [5, 5.41) is 24.8. The Hall–Kier alpha value is -7.45. The Morgan fingerprint density at radius 2 is 0.922 bits per heavy atom. The zero-order valence-electron chi connectivity index (χ0n) is 68.0. The number of thioether (sulfide) groups is 1. The number of benzene rings is 2. The molecule has 2 aromatic carbocycles. The molecule has 2 aromatic rings. The van der Waals surface area contributed by atoms with E-state index in [1.54, 1.807) is 42.5 Å². The van der Waals surface area contributed by atoms with E-state index < -0.39 is 95.7 Å². The Morgan fingerprint density at radius 3 is 1.47 bits per heavy atom. The van der Waals surface area contributed by atoms with Crippen LogP contribution in [0.4, 0.5) is 4.79 Å². The number of carbonyl (C=O) groups is 11. The topological polar surface area (TPSA) is 536 Å². The minimum absolute atomic E-state index is 0.00000505. The molecule has 2 fully saturated rings. The van der Waals surface area contributed by atoms with Gasteiger partial charge in [-0.2, -0.15) is 11.8 Å². The summed E-state index contributed by atoms with van der Waals surface area (Å²) < 4.78 is 44.9. The Kier molecular flexibility index (Phi) is 54.5. The van der Waals surface area contributed by atoms with E-state index in [4.69, 9.17) is 78.0 Å². The maximum Gasteiger partial charge on any atom is 0.315 e. The summed E-state index contributed by atoms with van der Waals surface area (Å²) in [6.07, 6.45) is 7.33. The van der Waals surface area contributed by atoms with E-state index in [9.17, 15) is 57.8 Å². The number of ketones is 6. The molecule has 0 saturated carbocycles. The van der Waals surface area contributed by atoms with Crippen molar-refractivity contribution in [2.24, 2.45) is 62.9 Å². The number of hydrogen-bond donors (Lipinski definition) is 13. The second kappa shape index (κ2) is 62.7. The number of phenols is 1. The van der Waals surface area contributed by atoms with Crippen LogP contribution in [0.1, 0.15) is 172 Å². The molecule has 0 aromatic heterocycles. The highest BCUT2D eigenvalue weighted by atomic mass is 32.2. The van der Waals surface area contributed by atoms with Crippen molar-refractivity contribution < 1.29 is 95.7 Å². The molecule has 0 unspecified atom stereocenters. The zero-order chi connectivity index (χ0) is 84.3. The van der Waals surface area contributed by atoms with Crippen LogP contribution < -0.4 is 66.7 Å². The lowest BCUT2D eigenvalue weighted by atomic mass is 9.81. The van der Waals surface area contributed by atoms with Gasteiger partial charge in [-0.1, -0.05) is 55.3 Å². The number of ether oxygens (including phenoxy) is 8. The minimum Gasteiger partial charge on any atom is -0.508 e. The summed E-state index contributed by atoms with van der Waals surface area (Å²) in [6, 6.07) is 10.8. The first-order valence-electron chi connectivity index (χ1n) is 41.5. The molecule has 20 N–H and O–H groups in total. The van der Waals surface area contributed by atoms with Gasteiger partial charge in [-0.05, 0) is 146 Å². The molecule has 654 valence electrons. The number of unbranched alkanes of at least 4 members (excludes halogenated alkanes) is 4. The fraction of sp³-hybridized carbons (Fsp3) is 0.707. The number of urea groups is 1. The van der Waals surface area contributed by atoms with E-state index >= 15 is 0 Å². The smallest absolute Gasteiger partial charge is 0.315 e. The van der Waals surface area contributed by atoms with Crippen LogP contribution in [0.2, 0.25) is 0 Å². The first-order chi connectivity index (χ1) is 56.1. The maximum atomic E-state index is 14.7. The molecule has 2 aliphatic heterocycles. The second-order valence-electron chi connectivity index (χ2n) is 29.4. The van der Waals surface area contributed by atoms with Crippen molar-refractivity contribution in [3.8, 4) is 5.75 Å². The number of nitrogens with one attached hydrogen (secondary N) is 5. The van der Waals surface area contributed by atoms with Crippen LogP contribution >= 0.6 is 11.8 Å². The van der Waals surface area contributed by atoms with Crippen LogP contribution in [0.15, 0.2) is 59.6 Å². The number of Topliss-reactive ketones (excluding diaryl/α,β-unsaturated/α-hetero) is 6. The fourth-order valence-electron chi connectivity index (χ4n) is 13.5. The van der Waals surface area contributed by atoms with Gasteiger partial charge in [-0.25, -0.2) is 4.79 Å². The number of amides is 6. The number of fused-ring (bicyclic) bond motifs is 1. The lowest BCUT2D eigenvalue weighted by Gasteiger charge is -2.25. The van der Waals surface area contributed by atoms with Crippen molar-refractivity contribution >= 4 is 82.1 Å². The van der Waals surface area contributed by atoms with Crippen LogP contribution in [0.5, 0.6) is 5.75 Å². The van der Waals surface area contributed by atoms with Crippen molar-refractivity contribution in [1.82, 2.24) is 26.6 Å². The zero-order valence-corrected chi connectivity index (χ0v) is 68.8. The van der Waals surface area contributed by atoms with E-state index in [0.717, 1.165) is 25.0 Å². The van der Waals surface area contributed by atoms with Gasteiger partial charge in [0.25, 0.3) is 0 Å². The van der Waals surface area contributed by atoms with Gasteiger partial charge in [0, 0.05) is 99.9 Å². The molecule has 4 rings (SSSR count). The lowest BCUT2D eigenvalue weighted by molar-refractivity contribution is -0.134. The molecule has 116 heavy (non-hydrogen) atoms. The van der Waals surface area contributed by atoms with Gasteiger partial charge in [0.1, 0.15) is 23.1 Å². The Labute approximate surface area is 688 Å². The average molecular weight is 1660 g/mol. The molecule has 2 aliphatic rings. The molecule has 10 atom stereocenters. The monoisotopic (exact) mass is 1650 g/mol. The molecule has 33 nitrogen and oxygen atoms in total. The third-order valence-corrected chi connectivity index (χ3v) is 21.4. The first kappa shape index (κ1) is 101. The predicted octanol–water partition coefficient (Wildman–Crippen LogP) is 2.91. The average Bonchev–Trinajstić information content (AvgIpc) is 1.66. The number of rotatable bonds is 75. The summed E-state index contributed by atoms with van der Waals surface area (Å²) in [5.74, 6) is -6.50. The molecule has 2 heterocycles. The van der Waals surface area contributed by atoms with Crippen LogP contribution in [-0.2, 0) is 98.7 Å². The SMILES string of the molecule is NCCCC[C@H](CC(=O)[C@@H](CC(=O)[C@H](CCCCN)NC(=O)CCC(=O)[C@H](CCCN=C(N)N)NC(=O)[C@@H](CC(=O)[C@H](CCCCN)NC(=O)[C@@H](N)CC(N)=O)Cc1ccccc1)Cc1ccc(O)cc1)C(=O)CCCOCCOCCOCCOCCOCCOCCOCCOCCCC(=O)CCCC[C@@H]1SC[C@@H]2NC(=O)N[C@@H]21. The summed E-state index contributed by atoms with van der Waals surface area (Å²) in [7, 11) is 0. The first-order valence-corrected chi connectivity index (χ1v) is 42.5. The van der Waals surface area contributed by atoms with E-state index in [2.05, 4.69) is 31.6 Å².